The summed E-state index contributed by atoms with van der Waals surface area (Å²) in [5.74, 6) is 0.162. The van der Waals surface area contributed by atoms with Crippen LogP contribution in [0.4, 0.5) is 5.13 Å². The van der Waals surface area contributed by atoms with Crippen molar-refractivity contribution in [2.24, 2.45) is 0 Å². The number of anilines is 1. The predicted molar refractivity (Wildman–Crippen MR) is 119 cm³/mol. The average molecular weight is 442 g/mol. The summed E-state index contributed by atoms with van der Waals surface area (Å²) in [7, 11) is -2.20. The fraction of sp³-hybridized carbons (Fsp3) is 0.143. The normalized spacial score (nSPS) is 11.7. The Hall–Kier alpha value is -3.01. The molecule has 3 aromatic carbocycles. The van der Waals surface area contributed by atoms with Crippen LogP contribution in [0.15, 0.2) is 59.5 Å². The Morgan fingerprint density at radius 1 is 1.13 bits per heavy atom. The number of ether oxygens (including phenoxy) is 1. The van der Waals surface area contributed by atoms with Gasteiger partial charge in [-0.05, 0) is 49.0 Å². The lowest BCUT2D eigenvalue weighted by Gasteiger charge is -2.12. The highest BCUT2D eigenvalue weighted by Crippen LogP contribution is 2.32. The number of benzene rings is 3. The van der Waals surface area contributed by atoms with E-state index in [0.717, 1.165) is 10.8 Å². The van der Waals surface area contributed by atoms with Crippen molar-refractivity contribution >= 4 is 53.4 Å². The van der Waals surface area contributed by atoms with Crippen LogP contribution < -0.4 is 14.8 Å². The maximum absolute atomic E-state index is 13.1. The van der Waals surface area contributed by atoms with E-state index in [0.29, 0.717) is 33.3 Å². The van der Waals surface area contributed by atoms with Crippen molar-refractivity contribution in [3.63, 3.8) is 0 Å². The van der Waals surface area contributed by atoms with Gasteiger partial charge in [0.25, 0.3) is 5.91 Å². The van der Waals surface area contributed by atoms with Crippen molar-refractivity contribution in [1.29, 1.82) is 0 Å². The number of thiazole rings is 1. The highest BCUT2D eigenvalue weighted by molar-refractivity contribution is 7.89. The van der Waals surface area contributed by atoms with Crippen molar-refractivity contribution in [3.05, 3.63) is 60.2 Å². The molecule has 7 nitrogen and oxygen atoms in total. The number of nitrogens with zero attached hydrogens (tertiary/aromatic N) is 1. The molecular weight excluding hydrogens is 422 g/mol. The van der Waals surface area contributed by atoms with E-state index < -0.39 is 10.0 Å². The third kappa shape index (κ3) is 3.74. The maximum atomic E-state index is 13.1. The molecule has 4 aromatic rings. The van der Waals surface area contributed by atoms with Gasteiger partial charge in [0, 0.05) is 0 Å². The number of carbonyl (C=O) groups excluding carboxylic acids is 1. The van der Waals surface area contributed by atoms with E-state index in [9.17, 15) is 13.2 Å². The molecule has 0 unspecified atom stereocenters. The van der Waals surface area contributed by atoms with E-state index in [1.165, 1.54) is 30.5 Å². The Morgan fingerprint density at radius 2 is 1.93 bits per heavy atom. The van der Waals surface area contributed by atoms with Gasteiger partial charge >= 0.3 is 0 Å². The molecular formula is C21H19N3O4S2. The second-order valence-corrected chi connectivity index (χ2v) is 9.32. The van der Waals surface area contributed by atoms with Crippen LogP contribution in [0.2, 0.25) is 0 Å². The number of fused-ring (bicyclic) bond motifs is 2. The van der Waals surface area contributed by atoms with Crippen LogP contribution in [0.5, 0.6) is 5.75 Å². The SMILES string of the molecule is CCOc1ccc2ccccc2c1C(=O)Nc1nc2ccc(S(=O)(=O)NC)cc2s1. The lowest BCUT2D eigenvalue weighted by molar-refractivity contribution is 0.102. The van der Waals surface area contributed by atoms with Gasteiger partial charge < -0.3 is 4.74 Å². The zero-order valence-electron chi connectivity index (χ0n) is 16.3. The second kappa shape index (κ2) is 8.02. The quantitative estimate of drug-likeness (QED) is 0.471. The molecule has 0 aliphatic rings. The van der Waals surface area contributed by atoms with Crippen LogP contribution in [-0.2, 0) is 10.0 Å². The molecule has 1 heterocycles. The van der Waals surface area contributed by atoms with Gasteiger partial charge in [-0.2, -0.15) is 0 Å². The average Bonchev–Trinajstić information content (AvgIpc) is 3.15. The summed E-state index contributed by atoms with van der Waals surface area (Å²) in [6.45, 7) is 2.30. The molecule has 0 radical (unpaired) electrons. The number of hydrogen-bond donors (Lipinski definition) is 2. The van der Waals surface area contributed by atoms with Gasteiger partial charge in [-0.25, -0.2) is 18.1 Å². The van der Waals surface area contributed by atoms with Crippen LogP contribution >= 0.6 is 11.3 Å². The Kier molecular flexibility index (Phi) is 5.42. The summed E-state index contributed by atoms with van der Waals surface area (Å²) in [4.78, 5) is 17.7. The molecule has 0 saturated heterocycles. The number of rotatable bonds is 6. The van der Waals surface area contributed by atoms with Crippen LogP contribution in [0.3, 0.4) is 0 Å². The largest absolute Gasteiger partial charge is 0.493 e. The first-order valence-electron chi connectivity index (χ1n) is 9.23. The minimum atomic E-state index is -3.56. The summed E-state index contributed by atoms with van der Waals surface area (Å²) >= 11 is 1.21. The zero-order chi connectivity index (χ0) is 21.3. The number of aromatic nitrogens is 1. The van der Waals surface area contributed by atoms with Crippen molar-refractivity contribution in [1.82, 2.24) is 9.71 Å². The molecule has 9 heteroatoms. The molecule has 0 spiro atoms. The molecule has 0 aliphatic carbocycles. The number of hydrogen-bond acceptors (Lipinski definition) is 6. The van der Waals surface area contributed by atoms with Crippen LogP contribution in [0, 0.1) is 0 Å². The van der Waals surface area contributed by atoms with Gasteiger partial charge in [-0.3, -0.25) is 10.1 Å². The predicted octanol–water partition coefficient (Wildman–Crippen LogP) is 4.01. The van der Waals surface area contributed by atoms with Crippen LogP contribution in [0.25, 0.3) is 21.0 Å². The number of amides is 1. The summed E-state index contributed by atoms with van der Waals surface area (Å²) in [6.07, 6.45) is 0. The van der Waals surface area contributed by atoms with Crippen molar-refractivity contribution in [2.45, 2.75) is 11.8 Å². The maximum Gasteiger partial charge on any atom is 0.261 e. The number of carbonyl (C=O) groups is 1. The molecule has 0 saturated carbocycles. The van der Waals surface area contributed by atoms with E-state index in [-0.39, 0.29) is 10.8 Å². The fourth-order valence-electron chi connectivity index (χ4n) is 3.16. The first-order valence-corrected chi connectivity index (χ1v) is 11.5. The molecule has 2 N–H and O–H groups in total. The highest BCUT2D eigenvalue weighted by atomic mass is 32.2. The molecule has 0 bridgehead atoms. The first-order chi connectivity index (χ1) is 14.4. The Balaban J connectivity index is 1.72. The van der Waals surface area contributed by atoms with Gasteiger partial charge in [0.05, 0.1) is 27.3 Å². The van der Waals surface area contributed by atoms with Gasteiger partial charge in [0.1, 0.15) is 5.75 Å². The van der Waals surface area contributed by atoms with Crippen molar-refractivity contribution in [2.75, 3.05) is 19.0 Å². The lowest BCUT2D eigenvalue weighted by Crippen LogP contribution is -2.18. The highest BCUT2D eigenvalue weighted by Gasteiger charge is 2.19. The standard InChI is InChI=1S/C21H19N3O4S2/c1-3-28-17-11-8-13-6-4-5-7-15(13)19(17)20(25)24-21-23-16-10-9-14(12-18(16)29-21)30(26,27)22-2/h4-12,22H,3H2,1-2H3,(H,23,24,25). The second-order valence-electron chi connectivity index (χ2n) is 6.40. The van der Waals surface area contributed by atoms with Crippen molar-refractivity contribution in [3.8, 4) is 5.75 Å². The van der Waals surface area contributed by atoms with Crippen LogP contribution in [0.1, 0.15) is 17.3 Å². The van der Waals surface area contributed by atoms with E-state index in [2.05, 4.69) is 15.0 Å². The topological polar surface area (TPSA) is 97.4 Å². The number of sulfonamides is 1. The summed E-state index contributed by atoms with van der Waals surface area (Å²) in [5, 5.41) is 4.92. The molecule has 0 fully saturated rings. The van der Waals surface area contributed by atoms with E-state index in [1.807, 2.05) is 37.3 Å². The smallest absolute Gasteiger partial charge is 0.261 e. The Labute approximate surface area is 177 Å². The monoisotopic (exact) mass is 441 g/mol. The third-order valence-electron chi connectivity index (χ3n) is 4.58. The molecule has 0 aliphatic heterocycles. The Morgan fingerprint density at radius 3 is 2.70 bits per heavy atom. The van der Waals surface area contributed by atoms with E-state index in [4.69, 9.17) is 4.74 Å². The Bertz CT molecular complexity index is 1360. The first kappa shape index (κ1) is 20.3. The summed E-state index contributed by atoms with van der Waals surface area (Å²) in [6, 6.07) is 15.9. The summed E-state index contributed by atoms with van der Waals surface area (Å²) in [5.41, 5.74) is 1.04. The van der Waals surface area contributed by atoms with Gasteiger partial charge in [0.15, 0.2) is 5.13 Å². The minimum absolute atomic E-state index is 0.145. The van der Waals surface area contributed by atoms with E-state index >= 15 is 0 Å². The molecule has 1 aromatic heterocycles. The molecule has 4 rings (SSSR count). The van der Waals surface area contributed by atoms with Gasteiger partial charge in [0.2, 0.25) is 10.0 Å². The molecule has 154 valence electrons. The zero-order valence-corrected chi connectivity index (χ0v) is 17.9. The molecule has 0 atom stereocenters. The lowest BCUT2D eigenvalue weighted by atomic mass is 10.0. The third-order valence-corrected chi connectivity index (χ3v) is 6.92. The number of nitrogens with one attached hydrogen (secondary N) is 2. The van der Waals surface area contributed by atoms with E-state index in [1.54, 1.807) is 12.1 Å². The minimum Gasteiger partial charge on any atom is -0.493 e. The molecule has 1 amide bonds. The van der Waals surface area contributed by atoms with Gasteiger partial charge in [-0.15, -0.1) is 0 Å². The van der Waals surface area contributed by atoms with Gasteiger partial charge in [-0.1, -0.05) is 41.7 Å². The van der Waals surface area contributed by atoms with Crippen molar-refractivity contribution < 1.29 is 17.9 Å². The molecule has 30 heavy (non-hydrogen) atoms. The van der Waals surface area contributed by atoms with Crippen LogP contribution in [-0.4, -0.2) is 33.0 Å². The summed E-state index contributed by atoms with van der Waals surface area (Å²) < 4.78 is 32.7. The fourth-order valence-corrected chi connectivity index (χ4v) is 4.90.